The van der Waals surface area contributed by atoms with Gasteiger partial charge in [-0.2, -0.15) is 0 Å². The quantitative estimate of drug-likeness (QED) is 0.731. The number of hydrogen-bond donors (Lipinski definition) is 1. The van der Waals surface area contributed by atoms with Crippen molar-refractivity contribution in [3.63, 3.8) is 0 Å². The van der Waals surface area contributed by atoms with Crippen molar-refractivity contribution in [2.75, 3.05) is 18.5 Å². The highest BCUT2D eigenvalue weighted by molar-refractivity contribution is 9.11. The molecule has 2 nitrogen and oxygen atoms in total. The number of ether oxygens (including phenoxy) is 1. The Labute approximate surface area is 130 Å². The van der Waals surface area contributed by atoms with Crippen LogP contribution in [0.15, 0.2) is 51.4 Å². The predicted octanol–water partition coefficient (Wildman–Crippen LogP) is 5.01. The molecule has 0 bridgehead atoms. The van der Waals surface area contributed by atoms with E-state index in [9.17, 15) is 0 Å². The molecule has 0 radical (unpaired) electrons. The summed E-state index contributed by atoms with van der Waals surface area (Å²) in [5.41, 5.74) is 2.37. The number of aryl methyl sites for hydroxylation is 1. The average molecular weight is 385 g/mol. The van der Waals surface area contributed by atoms with E-state index in [2.05, 4.69) is 62.3 Å². The summed E-state index contributed by atoms with van der Waals surface area (Å²) in [6.45, 7) is 3.45. The van der Waals surface area contributed by atoms with Gasteiger partial charge in [-0.15, -0.1) is 0 Å². The van der Waals surface area contributed by atoms with Crippen LogP contribution in [0, 0.1) is 6.92 Å². The molecule has 1 N–H and O–H groups in total. The first-order valence-corrected chi connectivity index (χ1v) is 7.63. The van der Waals surface area contributed by atoms with Crippen LogP contribution < -0.4 is 10.1 Å². The summed E-state index contributed by atoms with van der Waals surface area (Å²) in [5, 5.41) is 3.34. The number of benzene rings is 2. The lowest BCUT2D eigenvalue weighted by Gasteiger charge is -2.11. The highest BCUT2D eigenvalue weighted by Gasteiger charge is 2.05. The standard InChI is InChI=1S/C15H15Br2NO/c1-11-4-2-5-12(10-11)18-8-9-19-15-13(16)6-3-7-14(15)17/h2-7,10,18H,8-9H2,1H3. The van der Waals surface area contributed by atoms with Crippen molar-refractivity contribution in [3.05, 3.63) is 57.0 Å². The van der Waals surface area contributed by atoms with E-state index >= 15 is 0 Å². The zero-order valence-corrected chi connectivity index (χ0v) is 13.8. The van der Waals surface area contributed by atoms with Crippen molar-refractivity contribution in [2.45, 2.75) is 6.92 Å². The highest BCUT2D eigenvalue weighted by Crippen LogP contribution is 2.32. The monoisotopic (exact) mass is 383 g/mol. The van der Waals surface area contributed by atoms with Gasteiger partial charge in [-0.1, -0.05) is 18.2 Å². The number of halogens is 2. The Hall–Kier alpha value is -1.00. The molecule has 0 aliphatic heterocycles. The van der Waals surface area contributed by atoms with Crippen LogP contribution in [0.25, 0.3) is 0 Å². The van der Waals surface area contributed by atoms with E-state index in [1.165, 1.54) is 5.56 Å². The van der Waals surface area contributed by atoms with E-state index < -0.39 is 0 Å². The van der Waals surface area contributed by atoms with E-state index in [0.717, 1.165) is 26.9 Å². The molecule has 2 aromatic carbocycles. The Balaban J connectivity index is 1.84. The van der Waals surface area contributed by atoms with Gasteiger partial charge in [0.1, 0.15) is 12.4 Å². The van der Waals surface area contributed by atoms with Crippen molar-refractivity contribution in [3.8, 4) is 5.75 Å². The van der Waals surface area contributed by atoms with Gasteiger partial charge >= 0.3 is 0 Å². The minimum absolute atomic E-state index is 0.606. The molecule has 4 heteroatoms. The average Bonchev–Trinajstić information content (AvgIpc) is 2.37. The summed E-state index contributed by atoms with van der Waals surface area (Å²) in [6, 6.07) is 14.2. The molecule has 0 heterocycles. The summed E-state index contributed by atoms with van der Waals surface area (Å²) in [6.07, 6.45) is 0. The predicted molar refractivity (Wildman–Crippen MR) is 87.0 cm³/mol. The van der Waals surface area contributed by atoms with E-state index in [0.29, 0.717) is 6.61 Å². The van der Waals surface area contributed by atoms with E-state index in [1.54, 1.807) is 0 Å². The fourth-order valence-electron chi connectivity index (χ4n) is 1.72. The second-order valence-electron chi connectivity index (χ2n) is 4.20. The summed E-state index contributed by atoms with van der Waals surface area (Å²) in [7, 11) is 0. The van der Waals surface area contributed by atoms with Crippen LogP contribution >= 0.6 is 31.9 Å². The third-order valence-corrected chi connectivity index (χ3v) is 3.86. The first-order chi connectivity index (χ1) is 9.16. The Kier molecular flexibility index (Phi) is 5.28. The first kappa shape index (κ1) is 14.4. The summed E-state index contributed by atoms with van der Waals surface area (Å²) >= 11 is 6.96. The van der Waals surface area contributed by atoms with Crippen LogP contribution in [0.4, 0.5) is 5.69 Å². The Morgan fingerprint density at radius 2 is 1.74 bits per heavy atom. The summed E-state index contributed by atoms with van der Waals surface area (Å²) < 4.78 is 7.68. The number of hydrogen-bond acceptors (Lipinski definition) is 2. The zero-order chi connectivity index (χ0) is 13.7. The van der Waals surface area contributed by atoms with Crippen LogP contribution in [0.1, 0.15) is 5.56 Å². The lowest BCUT2D eigenvalue weighted by molar-refractivity contribution is 0.329. The number of anilines is 1. The van der Waals surface area contributed by atoms with Crippen LogP contribution in [-0.2, 0) is 0 Å². The maximum atomic E-state index is 5.76. The maximum Gasteiger partial charge on any atom is 0.147 e. The van der Waals surface area contributed by atoms with Gasteiger partial charge in [0.15, 0.2) is 0 Å². The molecule has 0 spiro atoms. The van der Waals surface area contributed by atoms with Crippen LogP contribution in [0.5, 0.6) is 5.75 Å². The van der Waals surface area contributed by atoms with Gasteiger partial charge < -0.3 is 10.1 Å². The summed E-state index contributed by atoms with van der Waals surface area (Å²) in [4.78, 5) is 0. The third-order valence-electron chi connectivity index (χ3n) is 2.61. The molecule has 0 aliphatic rings. The fraction of sp³-hybridized carbons (Fsp3) is 0.200. The fourth-order valence-corrected chi connectivity index (χ4v) is 2.95. The Morgan fingerprint density at radius 3 is 2.42 bits per heavy atom. The lowest BCUT2D eigenvalue weighted by atomic mass is 10.2. The topological polar surface area (TPSA) is 21.3 Å². The first-order valence-electron chi connectivity index (χ1n) is 6.04. The van der Waals surface area contributed by atoms with Crippen LogP contribution in [0.2, 0.25) is 0 Å². The van der Waals surface area contributed by atoms with Crippen molar-refractivity contribution < 1.29 is 4.74 Å². The normalized spacial score (nSPS) is 10.3. The molecule has 0 fully saturated rings. The molecule has 0 atom stereocenters. The molecule has 2 aromatic rings. The van der Waals surface area contributed by atoms with Gasteiger partial charge in [0.25, 0.3) is 0 Å². The van der Waals surface area contributed by atoms with Gasteiger partial charge in [0.2, 0.25) is 0 Å². The Bertz CT molecular complexity index is 537. The second-order valence-corrected chi connectivity index (χ2v) is 5.90. The smallest absolute Gasteiger partial charge is 0.147 e. The third kappa shape index (κ3) is 4.25. The van der Waals surface area contributed by atoms with E-state index in [-0.39, 0.29) is 0 Å². The largest absolute Gasteiger partial charge is 0.489 e. The minimum atomic E-state index is 0.606. The molecule has 0 saturated heterocycles. The molecule has 0 unspecified atom stereocenters. The number of para-hydroxylation sites is 1. The SMILES string of the molecule is Cc1cccc(NCCOc2c(Br)cccc2Br)c1. The molecule has 0 amide bonds. The lowest BCUT2D eigenvalue weighted by Crippen LogP contribution is -2.11. The van der Waals surface area contributed by atoms with Crippen LogP contribution in [-0.4, -0.2) is 13.2 Å². The second kappa shape index (κ2) is 6.96. The van der Waals surface area contributed by atoms with Gasteiger partial charge in [-0.05, 0) is 68.6 Å². The molecule has 2 rings (SSSR count). The van der Waals surface area contributed by atoms with E-state index in [4.69, 9.17) is 4.74 Å². The maximum absolute atomic E-state index is 5.76. The molecular weight excluding hydrogens is 370 g/mol. The van der Waals surface area contributed by atoms with Gasteiger partial charge in [-0.25, -0.2) is 0 Å². The molecular formula is C15H15Br2NO. The molecule has 0 aromatic heterocycles. The number of rotatable bonds is 5. The molecule has 0 aliphatic carbocycles. The van der Waals surface area contributed by atoms with E-state index in [1.807, 2.05) is 24.3 Å². The minimum Gasteiger partial charge on any atom is -0.489 e. The molecule has 100 valence electrons. The van der Waals surface area contributed by atoms with Crippen molar-refractivity contribution in [1.82, 2.24) is 0 Å². The molecule has 0 saturated carbocycles. The van der Waals surface area contributed by atoms with Crippen LogP contribution in [0.3, 0.4) is 0 Å². The Morgan fingerprint density at radius 1 is 1.05 bits per heavy atom. The van der Waals surface area contributed by atoms with Crippen molar-refractivity contribution in [2.24, 2.45) is 0 Å². The van der Waals surface area contributed by atoms with Crippen molar-refractivity contribution >= 4 is 37.5 Å². The number of nitrogens with one attached hydrogen (secondary N) is 1. The zero-order valence-electron chi connectivity index (χ0n) is 10.6. The van der Waals surface area contributed by atoms with Gasteiger partial charge in [-0.3, -0.25) is 0 Å². The molecule has 19 heavy (non-hydrogen) atoms. The van der Waals surface area contributed by atoms with Crippen molar-refractivity contribution in [1.29, 1.82) is 0 Å². The van der Waals surface area contributed by atoms with Gasteiger partial charge in [0, 0.05) is 12.2 Å². The van der Waals surface area contributed by atoms with Gasteiger partial charge in [0.05, 0.1) is 8.95 Å². The highest BCUT2D eigenvalue weighted by atomic mass is 79.9. The summed E-state index contributed by atoms with van der Waals surface area (Å²) in [5.74, 6) is 0.841.